The summed E-state index contributed by atoms with van der Waals surface area (Å²) < 4.78 is 27.8. The van der Waals surface area contributed by atoms with Crippen LogP contribution in [-0.4, -0.2) is 21.8 Å². The van der Waals surface area contributed by atoms with E-state index in [1.54, 1.807) is 18.2 Å². The molecule has 1 unspecified atom stereocenters. The Balaban J connectivity index is 2.98. The molecule has 0 radical (unpaired) electrons. The van der Waals surface area contributed by atoms with Gasteiger partial charge < -0.3 is 14.0 Å². The molecule has 16 heavy (non-hydrogen) atoms. The van der Waals surface area contributed by atoms with E-state index in [4.69, 9.17) is 0 Å². The quantitative estimate of drug-likeness (QED) is 0.629. The standard InChI is InChI=1S/C10H13NO4S/c1-7-3-4-9(11-16(13)14)8(5-7)6-10(12)15-2/h3-5,11H,6H2,1-2H3,(H,13,14)/p-1. The normalized spacial score (nSPS) is 11.9. The van der Waals surface area contributed by atoms with Crippen LogP contribution in [0.1, 0.15) is 11.1 Å². The molecule has 0 aliphatic carbocycles. The molecule has 0 bridgehead atoms. The van der Waals surface area contributed by atoms with Crippen molar-refractivity contribution in [1.29, 1.82) is 0 Å². The van der Waals surface area contributed by atoms with Crippen molar-refractivity contribution in [3.05, 3.63) is 29.3 Å². The smallest absolute Gasteiger partial charge is 0.310 e. The van der Waals surface area contributed by atoms with E-state index in [1.165, 1.54) is 7.11 Å². The van der Waals surface area contributed by atoms with E-state index in [-0.39, 0.29) is 6.42 Å². The number of anilines is 1. The zero-order valence-electron chi connectivity index (χ0n) is 8.98. The Bertz CT molecular complexity index is 419. The van der Waals surface area contributed by atoms with Crippen LogP contribution in [0.15, 0.2) is 18.2 Å². The zero-order valence-corrected chi connectivity index (χ0v) is 9.80. The summed E-state index contributed by atoms with van der Waals surface area (Å²) in [6, 6.07) is 5.12. The third kappa shape index (κ3) is 3.63. The predicted molar refractivity (Wildman–Crippen MR) is 59.4 cm³/mol. The molecular formula is C10H12NO4S-. The fraction of sp³-hybridized carbons (Fsp3) is 0.300. The topological polar surface area (TPSA) is 78.5 Å². The first-order valence-corrected chi connectivity index (χ1v) is 5.62. The second-order valence-electron chi connectivity index (χ2n) is 3.25. The first-order valence-electron chi connectivity index (χ1n) is 4.55. The Morgan fingerprint density at radius 3 is 2.81 bits per heavy atom. The zero-order chi connectivity index (χ0) is 12.1. The van der Waals surface area contributed by atoms with E-state index < -0.39 is 17.2 Å². The van der Waals surface area contributed by atoms with E-state index in [1.807, 2.05) is 6.92 Å². The third-order valence-corrected chi connectivity index (χ3v) is 2.40. The minimum Gasteiger partial charge on any atom is -0.755 e. The average molecular weight is 242 g/mol. The first kappa shape index (κ1) is 12.7. The molecule has 0 fully saturated rings. The lowest BCUT2D eigenvalue weighted by atomic mass is 10.1. The molecule has 6 heteroatoms. The molecule has 1 atom stereocenters. The second kappa shape index (κ2) is 5.62. The Hall–Kier alpha value is -1.40. The molecule has 0 aliphatic rings. The van der Waals surface area contributed by atoms with E-state index >= 15 is 0 Å². The lowest BCUT2D eigenvalue weighted by Crippen LogP contribution is -2.10. The van der Waals surface area contributed by atoms with Crippen LogP contribution in [-0.2, 0) is 27.2 Å². The van der Waals surface area contributed by atoms with Crippen molar-refractivity contribution in [2.45, 2.75) is 13.3 Å². The van der Waals surface area contributed by atoms with Gasteiger partial charge in [0, 0.05) is 17.0 Å². The van der Waals surface area contributed by atoms with Crippen molar-refractivity contribution >= 4 is 22.9 Å². The van der Waals surface area contributed by atoms with Gasteiger partial charge in [-0.2, -0.15) is 0 Å². The molecule has 88 valence electrons. The molecule has 0 aromatic heterocycles. The predicted octanol–water partition coefficient (Wildman–Crippen LogP) is 0.917. The number of rotatable bonds is 4. The number of methoxy groups -OCH3 is 1. The maximum atomic E-state index is 11.1. The van der Waals surface area contributed by atoms with Gasteiger partial charge in [-0.15, -0.1) is 0 Å². The Morgan fingerprint density at radius 2 is 2.25 bits per heavy atom. The molecule has 1 aromatic carbocycles. The summed E-state index contributed by atoms with van der Waals surface area (Å²) in [5.41, 5.74) is 1.93. The van der Waals surface area contributed by atoms with Crippen molar-refractivity contribution < 1.29 is 18.3 Å². The summed E-state index contributed by atoms with van der Waals surface area (Å²) in [5.74, 6) is -0.412. The number of ether oxygens (including phenoxy) is 1. The fourth-order valence-corrected chi connectivity index (χ4v) is 1.66. The number of nitrogens with one attached hydrogen (secondary N) is 1. The van der Waals surface area contributed by atoms with Gasteiger partial charge in [0.1, 0.15) is 0 Å². The van der Waals surface area contributed by atoms with Crippen LogP contribution in [0.5, 0.6) is 0 Å². The summed E-state index contributed by atoms with van der Waals surface area (Å²) in [4.78, 5) is 11.1. The Labute approximate surface area is 96.2 Å². The molecule has 0 aliphatic heterocycles. The fourth-order valence-electron chi connectivity index (χ4n) is 1.29. The highest BCUT2D eigenvalue weighted by molar-refractivity contribution is 7.80. The van der Waals surface area contributed by atoms with Crippen LogP contribution < -0.4 is 4.72 Å². The summed E-state index contributed by atoms with van der Waals surface area (Å²) >= 11 is -2.40. The van der Waals surface area contributed by atoms with Crippen molar-refractivity contribution in [3.8, 4) is 0 Å². The largest absolute Gasteiger partial charge is 0.755 e. The number of aryl methyl sites for hydroxylation is 1. The Kier molecular flexibility index (Phi) is 4.45. The average Bonchev–Trinajstić information content (AvgIpc) is 2.21. The third-order valence-electron chi connectivity index (χ3n) is 2.02. The molecule has 0 heterocycles. The van der Waals surface area contributed by atoms with Crippen LogP contribution in [0.4, 0.5) is 5.69 Å². The summed E-state index contributed by atoms with van der Waals surface area (Å²) in [6.45, 7) is 1.86. The van der Waals surface area contributed by atoms with Crippen LogP contribution in [0.3, 0.4) is 0 Å². The van der Waals surface area contributed by atoms with Crippen molar-refractivity contribution in [2.24, 2.45) is 0 Å². The number of hydrogen-bond donors (Lipinski definition) is 1. The highest BCUT2D eigenvalue weighted by Gasteiger charge is 2.08. The number of esters is 1. The van der Waals surface area contributed by atoms with Crippen molar-refractivity contribution in [1.82, 2.24) is 0 Å². The van der Waals surface area contributed by atoms with Gasteiger partial charge in [-0.05, 0) is 18.6 Å². The van der Waals surface area contributed by atoms with Gasteiger partial charge in [0.25, 0.3) is 0 Å². The van der Waals surface area contributed by atoms with Crippen molar-refractivity contribution in [3.63, 3.8) is 0 Å². The molecule has 1 aromatic rings. The van der Waals surface area contributed by atoms with Gasteiger partial charge in [-0.1, -0.05) is 17.7 Å². The second-order valence-corrected chi connectivity index (χ2v) is 3.92. The van der Waals surface area contributed by atoms with E-state index in [9.17, 15) is 13.6 Å². The molecule has 0 saturated heterocycles. The van der Waals surface area contributed by atoms with E-state index in [0.29, 0.717) is 11.3 Å². The number of carbonyl (C=O) groups is 1. The minimum atomic E-state index is -2.40. The van der Waals surface area contributed by atoms with Crippen LogP contribution in [0, 0.1) is 6.92 Å². The van der Waals surface area contributed by atoms with Crippen molar-refractivity contribution in [2.75, 3.05) is 11.8 Å². The lowest BCUT2D eigenvalue weighted by Gasteiger charge is -2.13. The molecule has 1 N–H and O–H groups in total. The molecular weight excluding hydrogens is 230 g/mol. The molecule has 5 nitrogen and oxygen atoms in total. The van der Waals surface area contributed by atoms with Crippen LogP contribution in [0.2, 0.25) is 0 Å². The van der Waals surface area contributed by atoms with Crippen LogP contribution >= 0.6 is 0 Å². The minimum absolute atomic E-state index is 0.0394. The lowest BCUT2D eigenvalue weighted by molar-refractivity contribution is -0.139. The van der Waals surface area contributed by atoms with Gasteiger partial charge in [-0.3, -0.25) is 9.00 Å². The SMILES string of the molecule is COC(=O)Cc1cc(C)ccc1NS(=O)[O-]. The summed E-state index contributed by atoms with van der Waals surface area (Å²) in [5, 5.41) is 0. The summed E-state index contributed by atoms with van der Waals surface area (Å²) in [7, 11) is 1.29. The maximum absolute atomic E-state index is 11.1. The van der Waals surface area contributed by atoms with E-state index in [2.05, 4.69) is 9.46 Å². The highest BCUT2D eigenvalue weighted by Crippen LogP contribution is 2.18. The van der Waals surface area contributed by atoms with E-state index in [0.717, 1.165) is 5.56 Å². The maximum Gasteiger partial charge on any atom is 0.310 e. The highest BCUT2D eigenvalue weighted by atomic mass is 32.2. The van der Waals surface area contributed by atoms with Gasteiger partial charge >= 0.3 is 5.97 Å². The molecule has 1 rings (SSSR count). The number of carbonyl (C=O) groups excluding carboxylic acids is 1. The molecule has 0 amide bonds. The first-order chi connectivity index (χ1) is 7.52. The number of benzene rings is 1. The molecule has 0 saturated carbocycles. The molecule has 0 spiro atoms. The Morgan fingerprint density at radius 1 is 1.56 bits per heavy atom. The van der Waals surface area contributed by atoms with Gasteiger partial charge in [0.15, 0.2) is 0 Å². The van der Waals surface area contributed by atoms with Gasteiger partial charge in [0.2, 0.25) is 0 Å². The number of hydrogen-bond acceptors (Lipinski definition) is 4. The van der Waals surface area contributed by atoms with Gasteiger partial charge in [-0.25, -0.2) is 0 Å². The monoisotopic (exact) mass is 242 g/mol. The van der Waals surface area contributed by atoms with Gasteiger partial charge in [0.05, 0.1) is 13.5 Å². The van der Waals surface area contributed by atoms with Crippen LogP contribution in [0.25, 0.3) is 0 Å². The summed E-state index contributed by atoms with van der Waals surface area (Å²) in [6.07, 6.45) is 0.0394.